The molecule has 0 heterocycles. The van der Waals surface area contributed by atoms with E-state index in [1.165, 1.54) is 5.54 Å². The van der Waals surface area contributed by atoms with Crippen molar-refractivity contribution >= 4 is 11.6 Å². The average Bonchev–Trinajstić information content (AvgIpc) is 1.89. The number of hydrogen-bond donors (Lipinski definition) is 1. The van der Waals surface area contributed by atoms with Crippen LogP contribution in [0.15, 0.2) is 23.9 Å². The Kier molecular flexibility index (Phi) is 7.14. The molecule has 0 aromatic heterocycles. The summed E-state index contributed by atoms with van der Waals surface area (Å²) in [6.07, 6.45) is 5.23. The molecule has 1 N–H and O–H groups in total. The second kappa shape index (κ2) is 7.53. The molecular weight excluding hydrogens is 138 g/mol. The largest absolute Gasteiger partial charge is 0.274 e. The predicted octanol–water partition coefficient (Wildman–Crippen LogP) is 1.79. The summed E-state index contributed by atoms with van der Waals surface area (Å²) in [7, 11) is 0. The lowest BCUT2D eigenvalue weighted by atomic mass is 10.7. The Hall–Kier alpha value is -0.470. The first-order valence-corrected chi connectivity index (χ1v) is 3.09. The van der Waals surface area contributed by atoms with Crippen molar-refractivity contribution in [3.63, 3.8) is 0 Å². The minimum Gasteiger partial charge on any atom is -0.274 e. The zero-order valence-electron chi connectivity index (χ0n) is 5.30. The van der Waals surface area contributed by atoms with Gasteiger partial charge in [-0.2, -0.15) is 0 Å². The van der Waals surface area contributed by atoms with Gasteiger partial charge in [-0.3, -0.25) is 10.3 Å². The Morgan fingerprint density at radius 1 is 1.67 bits per heavy atom. The molecule has 0 aliphatic rings. The van der Waals surface area contributed by atoms with Gasteiger partial charge in [-0.1, -0.05) is 17.7 Å². The molecule has 9 heavy (non-hydrogen) atoms. The molecule has 0 aliphatic carbocycles. The number of nitrogens with one attached hydrogen (secondary N) is 1. The first-order chi connectivity index (χ1) is 4.41. The van der Waals surface area contributed by atoms with E-state index in [9.17, 15) is 0 Å². The van der Waals surface area contributed by atoms with Gasteiger partial charge in [0.1, 0.15) is 0 Å². The van der Waals surface area contributed by atoms with Gasteiger partial charge in [0.25, 0.3) is 0 Å². The maximum Gasteiger partial charge on any atom is 0.0938 e. The number of allylic oxidation sites excluding steroid dienone is 1. The van der Waals surface area contributed by atoms with Gasteiger partial charge in [-0.25, -0.2) is 0 Å². The standard InChI is InChI=1S/C6H10ClNO/c1-2-5-8-9-6-3-4-7/h2-5,8H,6H2,1H3/b4-3?,5-2+. The molecule has 0 rings (SSSR count). The van der Waals surface area contributed by atoms with E-state index in [-0.39, 0.29) is 0 Å². The van der Waals surface area contributed by atoms with E-state index in [0.717, 1.165) is 0 Å². The van der Waals surface area contributed by atoms with Crippen LogP contribution < -0.4 is 5.48 Å². The smallest absolute Gasteiger partial charge is 0.0938 e. The molecule has 0 amide bonds. The molecular formula is C6H10ClNO. The molecule has 0 fully saturated rings. The van der Waals surface area contributed by atoms with Gasteiger partial charge in [0.05, 0.1) is 6.61 Å². The molecule has 3 heteroatoms. The van der Waals surface area contributed by atoms with Gasteiger partial charge >= 0.3 is 0 Å². The molecule has 0 saturated heterocycles. The minimum atomic E-state index is 0.480. The number of rotatable bonds is 4. The van der Waals surface area contributed by atoms with Crippen LogP contribution in [0.1, 0.15) is 6.92 Å². The van der Waals surface area contributed by atoms with Crippen LogP contribution in [0.25, 0.3) is 0 Å². The van der Waals surface area contributed by atoms with Crippen LogP contribution >= 0.6 is 11.6 Å². The average molecular weight is 148 g/mol. The van der Waals surface area contributed by atoms with Gasteiger partial charge < -0.3 is 0 Å². The van der Waals surface area contributed by atoms with Crippen LogP contribution in [0, 0.1) is 0 Å². The van der Waals surface area contributed by atoms with Crippen molar-refractivity contribution < 1.29 is 4.84 Å². The highest BCUT2D eigenvalue weighted by Gasteiger charge is 1.72. The van der Waals surface area contributed by atoms with Crippen LogP contribution in [0.3, 0.4) is 0 Å². The van der Waals surface area contributed by atoms with Crippen molar-refractivity contribution in [2.75, 3.05) is 6.61 Å². The van der Waals surface area contributed by atoms with Crippen molar-refractivity contribution in [2.45, 2.75) is 6.92 Å². The van der Waals surface area contributed by atoms with Crippen LogP contribution in [0.5, 0.6) is 0 Å². The Morgan fingerprint density at radius 2 is 2.44 bits per heavy atom. The van der Waals surface area contributed by atoms with Crippen molar-refractivity contribution in [1.82, 2.24) is 5.48 Å². The first kappa shape index (κ1) is 8.53. The SMILES string of the molecule is C/C=C/NOCC=CCl. The highest BCUT2D eigenvalue weighted by atomic mass is 35.5. The van der Waals surface area contributed by atoms with Crippen molar-refractivity contribution in [2.24, 2.45) is 0 Å². The molecule has 0 unspecified atom stereocenters. The van der Waals surface area contributed by atoms with Crippen LogP contribution in [-0.2, 0) is 4.84 Å². The molecule has 0 saturated carbocycles. The molecule has 0 aromatic carbocycles. The van der Waals surface area contributed by atoms with Crippen molar-refractivity contribution in [3.8, 4) is 0 Å². The summed E-state index contributed by atoms with van der Waals surface area (Å²) < 4.78 is 0. The molecule has 2 nitrogen and oxygen atoms in total. The minimum absolute atomic E-state index is 0.480. The second-order valence-corrected chi connectivity index (χ2v) is 1.54. The number of hydroxylamine groups is 1. The Labute approximate surface area is 60.1 Å². The molecule has 0 aromatic rings. The van der Waals surface area contributed by atoms with Crippen LogP contribution in [0.4, 0.5) is 0 Å². The van der Waals surface area contributed by atoms with E-state index < -0.39 is 0 Å². The zero-order chi connectivity index (χ0) is 6.95. The third-order valence-electron chi connectivity index (χ3n) is 0.587. The van der Waals surface area contributed by atoms with E-state index in [1.807, 2.05) is 13.0 Å². The molecule has 0 aliphatic heterocycles. The van der Waals surface area contributed by atoms with Crippen LogP contribution in [0.2, 0.25) is 0 Å². The maximum atomic E-state index is 5.21. The summed E-state index contributed by atoms with van der Waals surface area (Å²) in [5, 5.41) is 0. The van der Waals surface area contributed by atoms with Gasteiger partial charge in [0.15, 0.2) is 0 Å². The molecule has 0 spiro atoms. The third-order valence-corrected chi connectivity index (χ3v) is 0.765. The highest BCUT2D eigenvalue weighted by Crippen LogP contribution is 1.77. The lowest BCUT2D eigenvalue weighted by molar-refractivity contribution is 0.0955. The van der Waals surface area contributed by atoms with Gasteiger partial charge in [-0.05, 0) is 13.0 Å². The fourth-order valence-electron chi connectivity index (χ4n) is 0.249. The van der Waals surface area contributed by atoms with Gasteiger partial charge in [0.2, 0.25) is 0 Å². The van der Waals surface area contributed by atoms with Crippen molar-refractivity contribution in [1.29, 1.82) is 0 Å². The fraction of sp³-hybridized carbons (Fsp3) is 0.333. The molecule has 0 radical (unpaired) electrons. The number of halogens is 1. The maximum absolute atomic E-state index is 5.21. The van der Waals surface area contributed by atoms with E-state index in [0.29, 0.717) is 6.61 Å². The van der Waals surface area contributed by atoms with Gasteiger partial charge in [-0.15, -0.1) is 0 Å². The zero-order valence-corrected chi connectivity index (χ0v) is 6.06. The summed E-state index contributed by atoms with van der Waals surface area (Å²) in [4.78, 5) is 4.81. The van der Waals surface area contributed by atoms with Crippen molar-refractivity contribution in [3.05, 3.63) is 23.9 Å². The third kappa shape index (κ3) is 7.53. The quantitative estimate of drug-likeness (QED) is 0.484. The Balaban J connectivity index is 2.91. The summed E-state index contributed by atoms with van der Waals surface area (Å²) in [5.74, 6) is 0. The highest BCUT2D eigenvalue weighted by molar-refractivity contribution is 6.25. The summed E-state index contributed by atoms with van der Waals surface area (Å²) >= 11 is 5.21. The molecule has 0 atom stereocenters. The first-order valence-electron chi connectivity index (χ1n) is 2.65. The fourth-order valence-corrected chi connectivity index (χ4v) is 0.321. The summed E-state index contributed by atoms with van der Waals surface area (Å²) in [6.45, 7) is 2.38. The molecule has 0 bridgehead atoms. The Bertz CT molecular complexity index is 89.2. The van der Waals surface area contributed by atoms with E-state index in [1.54, 1.807) is 12.3 Å². The topological polar surface area (TPSA) is 21.3 Å². The van der Waals surface area contributed by atoms with E-state index in [4.69, 9.17) is 16.4 Å². The van der Waals surface area contributed by atoms with Crippen LogP contribution in [-0.4, -0.2) is 6.61 Å². The normalized spacial score (nSPS) is 11.3. The Morgan fingerprint density at radius 3 is 3.00 bits per heavy atom. The predicted molar refractivity (Wildman–Crippen MR) is 38.9 cm³/mol. The van der Waals surface area contributed by atoms with E-state index >= 15 is 0 Å². The van der Waals surface area contributed by atoms with Gasteiger partial charge in [0, 0.05) is 11.7 Å². The summed E-state index contributed by atoms with van der Waals surface area (Å²) in [5.41, 5.74) is 3.99. The molecule has 52 valence electrons. The van der Waals surface area contributed by atoms with E-state index in [2.05, 4.69) is 5.48 Å². The number of hydrogen-bond acceptors (Lipinski definition) is 2. The second-order valence-electron chi connectivity index (χ2n) is 1.29. The summed E-state index contributed by atoms with van der Waals surface area (Å²) in [6, 6.07) is 0. The monoisotopic (exact) mass is 147 g/mol. The lowest BCUT2D eigenvalue weighted by Crippen LogP contribution is -2.05. The lowest BCUT2D eigenvalue weighted by Gasteiger charge is -1.95.